The third-order valence-corrected chi connectivity index (χ3v) is 5.53. The number of phenolic OH excluding ortho intramolecular Hbond substituents is 1. The fourth-order valence-electron chi connectivity index (χ4n) is 3.19. The molecule has 0 fully saturated rings. The van der Waals surface area contributed by atoms with E-state index in [0.29, 0.717) is 31.4 Å². The molecule has 34 heavy (non-hydrogen) atoms. The molecule has 0 bridgehead atoms. The molecule has 11 heteroatoms. The van der Waals surface area contributed by atoms with Gasteiger partial charge in [-0.15, -0.1) is 0 Å². The number of nitrogens with one attached hydrogen (secondary N) is 3. The molecular weight excluding hydrogens is 442 g/mol. The summed E-state index contributed by atoms with van der Waals surface area (Å²) in [6.45, 7) is 3.55. The molecule has 4 unspecified atom stereocenters. The predicted octanol–water partition coefficient (Wildman–Crippen LogP) is -0.392. The summed E-state index contributed by atoms with van der Waals surface area (Å²) < 4.78 is 0. The van der Waals surface area contributed by atoms with Crippen LogP contribution in [0.4, 0.5) is 0 Å². The Morgan fingerprint density at radius 1 is 1.03 bits per heavy atom. The molecule has 4 atom stereocenters. The van der Waals surface area contributed by atoms with Crippen LogP contribution in [0.5, 0.6) is 5.75 Å². The summed E-state index contributed by atoms with van der Waals surface area (Å²) in [5, 5.41) is 26.3. The number of hydrogen-bond donors (Lipinski definition) is 7. The quantitative estimate of drug-likeness (QED) is 0.165. The zero-order chi connectivity index (χ0) is 25.7. The molecular formula is C23H37N5O6. The molecule has 0 spiro atoms. The summed E-state index contributed by atoms with van der Waals surface area (Å²) in [6.07, 6.45) is 2.45. The Morgan fingerprint density at radius 2 is 1.68 bits per heavy atom. The van der Waals surface area contributed by atoms with E-state index in [1.165, 1.54) is 12.1 Å². The first kappa shape index (κ1) is 28.9. The van der Waals surface area contributed by atoms with Crippen molar-refractivity contribution < 1.29 is 29.4 Å². The normalized spacial score (nSPS) is 14.4. The predicted molar refractivity (Wildman–Crippen MR) is 127 cm³/mol. The lowest BCUT2D eigenvalue weighted by molar-refractivity contribution is -0.143. The van der Waals surface area contributed by atoms with E-state index >= 15 is 0 Å². The second-order valence-corrected chi connectivity index (χ2v) is 8.31. The Labute approximate surface area is 199 Å². The lowest BCUT2D eigenvalue weighted by atomic mass is 9.99. The van der Waals surface area contributed by atoms with Crippen LogP contribution in [0.3, 0.4) is 0 Å². The van der Waals surface area contributed by atoms with Gasteiger partial charge in [-0.2, -0.15) is 0 Å². The summed E-state index contributed by atoms with van der Waals surface area (Å²) in [5.41, 5.74) is 12.1. The van der Waals surface area contributed by atoms with E-state index in [4.69, 9.17) is 11.5 Å². The first-order valence-corrected chi connectivity index (χ1v) is 11.4. The molecule has 0 aliphatic carbocycles. The highest BCUT2D eigenvalue weighted by Crippen LogP contribution is 2.12. The molecule has 0 heterocycles. The fourth-order valence-corrected chi connectivity index (χ4v) is 3.19. The summed E-state index contributed by atoms with van der Waals surface area (Å²) in [7, 11) is 0. The van der Waals surface area contributed by atoms with Gasteiger partial charge in [0.2, 0.25) is 17.7 Å². The van der Waals surface area contributed by atoms with Gasteiger partial charge in [-0.3, -0.25) is 14.4 Å². The maximum absolute atomic E-state index is 12.8. The third-order valence-electron chi connectivity index (χ3n) is 5.53. The van der Waals surface area contributed by atoms with Crippen LogP contribution in [-0.4, -0.2) is 65.1 Å². The summed E-state index contributed by atoms with van der Waals surface area (Å²) in [6, 6.07) is 3.21. The van der Waals surface area contributed by atoms with Gasteiger partial charge in [-0.1, -0.05) is 38.8 Å². The van der Waals surface area contributed by atoms with Crippen LogP contribution in [0.2, 0.25) is 0 Å². The van der Waals surface area contributed by atoms with Gasteiger partial charge in [0.05, 0.1) is 12.6 Å². The molecule has 190 valence electrons. The molecule has 1 aromatic rings. The number of carboxylic acid groups (broad SMARTS) is 1. The highest BCUT2D eigenvalue weighted by molar-refractivity contribution is 5.92. The minimum atomic E-state index is -1.16. The van der Waals surface area contributed by atoms with Crippen LogP contribution in [0.1, 0.15) is 45.1 Å². The fraction of sp³-hybridized carbons (Fsp3) is 0.565. The lowest BCUT2D eigenvalue weighted by Crippen LogP contribution is -2.54. The number of carbonyl (C=O) groups is 4. The Bertz CT molecular complexity index is 817. The second-order valence-electron chi connectivity index (χ2n) is 8.31. The number of phenols is 1. The highest BCUT2D eigenvalue weighted by atomic mass is 16.4. The van der Waals surface area contributed by atoms with Gasteiger partial charge in [0, 0.05) is 6.42 Å². The van der Waals surface area contributed by atoms with E-state index in [0.717, 1.165) is 6.42 Å². The second kappa shape index (κ2) is 14.9. The van der Waals surface area contributed by atoms with Gasteiger partial charge in [0.25, 0.3) is 0 Å². The SMILES string of the molecule is CCC(C)C(NC(=O)CNC(=O)C(Cc1ccc(O)cc1)NC(=O)C(N)CCCCN)C(=O)O. The molecule has 1 rings (SSSR count). The summed E-state index contributed by atoms with van der Waals surface area (Å²) in [4.78, 5) is 49.0. The van der Waals surface area contributed by atoms with E-state index in [1.54, 1.807) is 19.1 Å². The molecule has 0 saturated heterocycles. The van der Waals surface area contributed by atoms with Crippen LogP contribution in [-0.2, 0) is 25.6 Å². The number of hydrogen-bond acceptors (Lipinski definition) is 7. The number of carboxylic acids is 1. The number of carbonyl (C=O) groups excluding carboxylic acids is 3. The van der Waals surface area contributed by atoms with Crippen molar-refractivity contribution in [3.63, 3.8) is 0 Å². The van der Waals surface area contributed by atoms with Crippen molar-refractivity contribution in [2.45, 2.75) is 64.1 Å². The van der Waals surface area contributed by atoms with E-state index < -0.39 is 48.4 Å². The molecule has 0 aromatic heterocycles. The standard InChI is InChI=1S/C23H37N5O6/c1-3-14(2)20(23(33)34)28-19(30)13-26-22(32)18(12-15-7-9-16(29)10-8-15)27-21(31)17(25)6-4-5-11-24/h7-10,14,17-18,20,29H,3-6,11-13,24-25H2,1-2H3,(H,26,32)(H,27,31)(H,28,30)(H,33,34). The van der Waals surface area contributed by atoms with Crippen molar-refractivity contribution >= 4 is 23.7 Å². The van der Waals surface area contributed by atoms with Crippen molar-refractivity contribution in [3.05, 3.63) is 29.8 Å². The first-order valence-electron chi connectivity index (χ1n) is 11.4. The van der Waals surface area contributed by atoms with Crippen molar-refractivity contribution in [3.8, 4) is 5.75 Å². The van der Waals surface area contributed by atoms with Crippen LogP contribution in [0, 0.1) is 5.92 Å². The van der Waals surface area contributed by atoms with Crippen molar-refractivity contribution in [2.75, 3.05) is 13.1 Å². The molecule has 11 nitrogen and oxygen atoms in total. The van der Waals surface area contributed by atoms with E-state index in [9.17, 15) is 29.4 Å². The smallest absolute Gasteiger partial charge is 0.326 e. The van der Waals surface area contributed by atoms with Gasteiger partial charge in [0.1, 0.15) is 17.8 Å². The third kappa shape index (κ3) is 10.2. The molecule has 0 aliphatic heterocycles. The number of benzene rings is 1. The Hall–Kier alpha value is -3.18. The Balaban J connectivity index is 2.82. The van der Waals surface area contributed by atoms with Crippen molar-refractivity contribution in [1.29, 1.82) is 0 Å². The monoisotopic (exact) mass is 479 g/mol. The van der Waals surface area contributed by atoms with Gasteiger partial charge in [-0.05, 0) is 43.0 Å². The first-order chi connectivity index (χ1) is 16.1. The largest absolute Gasteiger partial charge is 0.508 e. The Kier molecular flexibility index (Phi) is 12.6. The number of amides is 3. The maximum Gasteiger partial charge on any atom is 0.326 e. The number of nitrogens with two attached hydrogens (primary N) is 2. The molecule has 0 aliphatic rings. The average molecular weight is 480 g/mol. The molecule has 0 radical (unpaired) electrons. The summed E-state index contributed by atoms with van der Waals surface area (Å²) in [5.74, 6) is -3.19. The van der Waals surface area contributed by atoms with E-state index in [1.807, 2.05) is 6.92 Å². The number of unbranched alkanes of at least 4 members (excludes halogenated alkanes) is 1. The summed E-state index contributed by atoms with van der Waals surface area (Å²) >= 11 is 0. The molecule has 9 N–H and O–H groups in total. The van der Waals surface area contributed by atoms with Crippen LogP contribution in [0.25, 0.3) is 0 Å². The van der Waals surface area contributed by atoms with E-state index in [-0.39, 0.29) is 18.1 Å². The van der Waals surface area contributed by atoms with Gasteiger partial charge >= 0.3 is 5.97 Å². The number of aliphatic carboxylic acids is 1. The van der Waals surface area contributed by atoms with Crippen molar-refractivity contribution in [1.82, 2.24) is 16.0 Å². The zero-order valence-electron chi connectivity index (χ0n) is 19.8. The maximum atomic E-state index is 12.8. The average Bonchev–Trinajstić information content (AvgIpc) is 2.81. The number of rotatable bonds is 15. The minimum Gasteiger partial charge on any atom is -0.508 e. The highest BCUT2D eigenvalue weighted by Gasteiger charge is 2.27. The van der Waals surface area contributed by atoms with Gasteiger partial charge in [0.15, 0.2) is 0 Å². The molecule has 3 amide bonds. The number of aromatic hydroxyl groups is 1. The topological polar surface area (TPSA) is 197 Å². The minimum absolute atomic E-state index is 0.0571. The van der Waals surface area contributed by atoms with Crippen LogP contribution in [0.15, 0.2) is 24.3 Å². The lowest BCUT2D eigenvalue weighted by Gasteiger charge is -2.22. The van der Waals surface area contributed by atoms with Crippen molar-refractivity contribution in [2.24, 2.45) is 17.4 Å². The molecule has 0 saturated carbocycles. The van der Waals surface area contributed by atoms with Gasteiger partial charge < -0.3 is 37.6 Å². The van der Waals surface area contributed by atoms with Gasteiger partial charge in [-0.25, -0.2) is 4.79 Å². The van der Waals surface area contributed by atoms with E-state index in [2.05, 4.69) is 16.0 Å². The molecule has 1 aromatic carbocycles. The van der Waals surface area contributed by atoms with Crippen LogP contribution >= 0.6 is 0 Å². The zero-order valence-corrected chi connectivity index (χ0v) is 19.8. The Morgan fingerprint density at radius 3 is 2.24 bits per heavy atom. The van der Waals surface area contributed by atoms with Crippen LogP contribution < -0.4 is 27.4 Å².